The first kappa shape index (κ1) is 22.0. The van der Waals surface area contributed by atoms with Crippen LogP contribution < -0.4 is 11.5 Å². The number of halogens is 1. The number of aryl methyl sites for hydroxylation is 1. The fourth-order valence-corrected chi connectivity index (χ4v) is 5.29. The highest BCUT2D eigenvalue weighted by Crippen LogP contribution is 2.47. The third-order valence-corrected chi connectivity index (χ3v) is 6.55. The van der Waals surface area contributed by atoms with Crippen LogP contribution in [0.1, 0.15) is 61.4 Å². The molecule has 3 aromatic rings. The van der Waals surface area contributed by atoms with Gasteiger partial charge >= 0.3 is 11.9 Å². The molecule has 0 saturated heterocycles. The number of hydrogen-bond acceptors (Lipinski definition) is 5. The number of methoxy groups -OCH3 is 1. The molecule has 0 bridgehead atoms. The van der Waals surface area contributed by atoms with Gasteiger partial charge in [-0.25, -0.2) is 9.59 Å². The number of carboxylic acid groups (broad SMARTS) is 1. The van der Waals surface area contributed by atoms with Gasteiger partial charge < -0.3 is 26.3 Å². The summed E-state index contributed by atoms with van der Waals surface area (Å²) in [5.74, 6) is -3.84. The fraction of sp³-hybridized carbons (Fsp3) is 0.261. The molecular weight excluding hydrogens is 478 g/mol. The number of esters is 1. The Bertz CT molecular complexity index is 1270. The van der Waals surface area contributed by atoms with Crippen molar-refractivity contribution in [1.29, 1.82) is 0 Å². The monoisotopic (exact) mass is 499 g/mol. The number of amides is 1. The number of aromatic carboxylic acids is 1. The molecule has 2 aromatic carbocycles. The quantitative estimate of drug-likeness (QED) is 0.382. The molecule has 1 aliphatic rings. The molecule has 0 saturated carbocycles. The lowest BCUT2D eigenvalue weighted by atomic mass is 9.72. The largest absolute Gasteiger partial charge is 0.477 e. The SMILES string of the molecule is COC(=O)c1cc(CN)ccc1C(C(N)=O)C1CCc2cc(Br)cc3[nH]c(C(=O)O)c1c23. The van der Waals surface area contributed by atoms with E-state index in [1.54, 1.807) is 18.2 Å². The van der Waals surface area contributed by atoms with Gasteiger partial charge in [-0.1, -0.05) is 28.1 Å². The number of benzene rings is 2. The molecule has 0 aliphatic heterocycles. The summed E-state index contributed by atoms with van der Waals surface area (Å²) < 4.78 is 5.76. The van der Waals surface area contributed by atoms with Crippen LogP contribution in [0.25, 0.3) is 10.9 Å². The molecule has 2 atom stereocenters. The number of primary amides is 1. The number of aromatic nitrogens is 1. The second-order valence-electron chi connectivity index (χ2n) is 7.85. The van der Waals surface area contributed by atoms with Gasteiger partial charge in [-0.05, 0) is 53.3 Å². The molecule has 2 unspecified atom stereocenters. The van der Waals surface area contributed by atoms with Gasteiger partial charge in [0.15, 0.2) is 0 Å². The van der Waals surface area contributed by atoms with Crippen LogP contribution in [-0.4, -0.2) is 35.0 Å². The van der Waals surface area contributed by atoms with Gasteiger partial charge in [0.25, 0.3) is 0 Å². The molecule has 0 radical (unpaired) electrons. The zero-order valence-electron chi connectivity index (χ0n) is 17.3. The minimum atomic E-state index is -1.12. The summed E-state index contributed by atoms with van der Waals surface area (Å²) in [5, 5.41) is 10.7. The lowest BCUT2D eigenvalue weighted by molar-refractivity contribution is -0.120. The van der Waals surface area contributed by atoms with Crippen LogP contribution in [0, 0.1) is 0 Å². The molecule has 9 heteroatoms. The van der Waals surface area contributed by atoms with Crippen LogP contribution in [0.5, 0.6) is 0 Å². The molecule has 1 aromatic heterocycles. The summed E-state index contributed by atoms with van der Waals surface area (Å²) in [7, 11) is 1.26. The Morgan fingerprint density at radius 2 is 2.03 bits per heavy atom. The van der Waals surface area contributed by atoms with Crippen molar-refractivity contribution in [3.05, 3.63) is 68.3 Å². The van der Waals surface area contributed by atoms with Crippen LogP contribution in [0.15, 0.2) is 34.8 Å². The molecule has 0 fully saturated rings. The number of ether oxygens (including phenoxy) is 1. The van der Waals surface area contributed by atoms with Crippen molar-refractivity contribution in [2.75, 3.05) is 7.11 Å². The van der Waals surface area contributed by atoms with E-state index in [1.807, 2.05) is 12.1 Å². The van der Waals surface area contributed by atoms with Gasteiger partial charge in [-0.3, -0.25) is 4.79 Å². The predicted octanol–water partition coefficient (Wildman–Crippen LogP) is 3.17. The number of nitrogens with two attached hydrogens (primary N) is 2. The minimum Gasteiger partial charge on any atom is -0.477 e. The standard InChI is InChI=1S/C23H22BrN3O5/c1-32-23(31)15-6-10(9-25)2-4-13(15)18(21(26)28)14-5-3-11-7-12(24)8-16-17(11)19(14)20(27-16)22(29)30/h2,4,6-8,14,18,27H,3,5,9,25H2,1H3,(H2,26,28)(H,29,30). The summed E-state index contributed by atoms with van der Waals surface area (Å²) >= 11 is 3.47. The van der Waals surface area contributed by atoms with Crippen LogP contribution >= 0.6 is 15.9 Å². The van der Waals surface area contributed by atoms with Gasteiger partial charge in [-0.15, -0.1) is 0 Å². The Balaban J connectivity index is 1.97. The smallest absolute Gasteiger partial charge is 0.352 e. The summed E-state index contributed by atoms with van der Waals surface area (Å²) in [6.45, 7) is 0.207. The number of carbonyl (C=O) groups excluding carboxylic acids is 2. The van der Waals surface area contributed by atoms with E-state index in [1.165, 1.54) is 7.11 Å². The van der Waals surface area contributed by atoms with Crippen LogP contribution in [0.2, 0.25) is 0 Å². The summed E-state index contributed by atoms with van der Waals surface area (Å²) in [6.07, 6.45) is 1.12. The van der Waals surface area contributed by atoms with Crippen LogP contribution in [-0.2, 0) is 22.5 Å². The Kier molecular flexibility index (Phi) is 5.79. The Morgan fingerprint density at radius 3 is 2.66 bits per heavy atom. The molecule has 1 aliphatic carbocycles. The number of H-pyrrole nitrogens is 1. The average molecular weight is 500 g/mol. The number of aromatic amines is 1. The summed E-state index contributed by atoms with van der Waals surface area (Å²) in [4.78, 5) is 40.4. The van der Waals surface area contributed by atoms with Crippen molar-refractivity contribution in [3.8, 4) is 0 Å². The zero-order valence-corrected chi connectivity index (χ0v) is 18.9. The lowest BCUT2D eigenvalue weighted by Gasteiger charge is -2.30. The molecule has 1 heterocycles. The Hall–Kier alpha value is -3.17. The third kappa shape index (κ3) is 3.57. The summed E-state index contributed by atoms with van der Waals surface area (Å²) in [5.41, 5.74) is 15.1. The van der Waals surface area contributed by atoms with Gasteiger partial charge in [0.05, 0.1) is 18.6 Å². The fourth-order valence-electron chi connectivity index (χ4n) is 4.79. The molecular formula is C23H22BrN3O5. The van der Waals surface area contributed by atoms with Crippen molar-refractivity contribution in [3.63, 3.8) is 0 Å². The first-order valence-electron chi connectivity index (χ1n) is 10.0. The molecule has 8 nitrogen and oxygen atoms in total. The maximum absolute atomic E-state index is 12.8. The van der Waals surface area contributed by atoms with E-state index in [2.05, 4.69) is 20.9 Å². The van der Waals surface area contributed by atoms with Gasteiger partial charge in [0.1, 0.15) is 5.69 Å². The predicted molar refractivity (Wildman–Crippen MR) is 122 cm³/mol. The van der Waals surface area contributed by atoms with E-state index < -0.39 is 29.7 Å². The lowest BCUT2D eigenvalue weighted by Crippen LogP contribution is -2.31. The molecule has 32 heavy (non-hydrogen) atoms. The Labute approximate surface area is 192 Å². The van der Waals surface area contributed by atoms with E-state index in [4.69, 9.17) is 16.2 Å². The number of hydrogen-bond donors (Lipinski definition) is 4. The van der Waals surface area contributed by atoms with E-state index >= 15 is 0 Å². The zero-order chi connectivity index (χ0) is 23.2. The minimum absolute atomic E-state index is 0.0218. The Morgan fingerprint density at radius 1 is 1.28 bits per heavy atom. The normalized spacial score (nSPS) is 16.0. The van der Waals surface area contributed by atoms with Gasteiger partial charge in [0.2, 0.25) is 5.91 Å². The van der Waals surface area contributed by atoms with Crippen molar-refractivity contribution >= 4 is 44.7 Å². The highest BCUT2D eigenvalue weighted by atomic mass is 79.9. The first-order valence-corrected chi connectivity index (χ1v) is 10.8. The number of carboxylic acids is 1. The highest BCUT2D eigenvalue weighted by molar-refractivity contribution is 9.10. The van der Waals surface area contributed by atoms with Crippen molar-refractivity contribution < 1.29 is 24.2 Å². The third-order valence-electron chi connectivity index (χ3n) is 6.10. The summed E-state index contributed by atoms with van der Waals surface area (Å²) in [6, 6.07) is 8.75. The van der Waals surface area contributed by atoms with Crippen LogP contribution in [0.4, 0.5) is 0 Å². The van der Waals surface area contributed by atoms with Gasteiger partial charge in [0, 0.05) is 27.8 Å². The topological polar surface area (TPSA) is 148 Å². The van der Waals surface area contributed by atoms with Crippen LogP contribution in [0.3, 0.4) is 0 Å². The number of nitrogens with one attached hydrogen (secondary N) is 1. The number of rotatable bonds is 6. The maximum atomic E-state index is 12.8. The van der Waals surface area contributed by atoms with E-state index in [0.29, 0.717) is 35.0 Å². The molecule has 4 rings (SSSR count). The van der Waals surface area contributed by atoms with E-state index in [-0.39, 0.29) is 17.8 Å². The second kappa shape index (κ2) is 8.40. The molecule has 6 N–H and O–H groups in total. The highest BCUT2D eigenvalue weighted by Gasteiger charge is 2.39. The van der Waals surface area contributed by atoms with Crippen molar-refractivity contribution in [2.45, 2.75) is 31.2 Å². The van der Waals surface area contributed by atoms with Crippen molar-refractivity contribution in [1.82, 2.24) is 4.98 Å². The van der Waals surface area contributed by atoms with E-state index in [9.17, 15) is 19.5 Å². The average Bonchev–Trinajstić information content (AvgIpc) is 3.15. The molecule has 1 amide bonds. The van der Waals surface area contributed by atoms with Crippen molar-refractivity contribution in [2.24, 2.45) is 11.5 Å². The second-order valence-corrected chi connectivity index (χ2v) is 8.76. The molecule has 166 valence electrons. The number of carbonyl (C=O) groups is 3. The maximum Gasteiger partial charge on any atom is 0.352 e. The molecule has 0 spiro atoms. The van der Waals surface area contributed by atoms with E-state index in [0.717, 1.165) is 15.4 Å². The first-order chi connectivity index (χ1) is 15.3. The van der Waals surface area contributed by atoms with Gasteiger partial charge in [-0.2, -0.15) is 0 Å².